The number of hydrogen-bond acceptors (Lipinski definition) is 6. The van der Waals surface area contributed by atoms with Gasteiger partial charge in [0.2, 0.25) is 11.8 Å². The summed E-state index contributed by atoms with van der Waals surface area (Å²) in [4.78, 5) is 39.0. The van der Waals surface area contributed by atoms with Gasteiger partial charge in [-0.3, -0.25) is 19.3 Å². The number of nitrogens with one attached hydrogen (secondary N) is 2. The Morgan fingerprint density at radius 2 is 1.65 bits per heavy atom. The fraction of sp³-hybridized carbons (Fsp3) is 0.375. The van der Waals surface area contributed by atoms with Gasteiger partial charge in [0.15, 0.2) is 28.9 Å². The van der Waals surface area contributed by atoms with Gasteiger partial charge in [-0.1, -0.05) is 0 Å². The molecule has 2 aliphatic heterocycles. The average Bonchev–Trinajstić information content (AvgIpc) is 2.85. The van der Waals surface area contributed by atoms with Crippen molar-refractivity contribution in [2.75, 3.05) is 44.7 Å². The van der Waals surface area contributed by atoms with Gasteiger partial charge < -0.3 is 20.1 Å². The predicted octanol–water partition coefficient (Wildman–Crippen LogP) is 2.39. The van der Waals surface area contributed by atoms with Crippen LogP contribution >= 0.6 is 0 Å². The lowest BCUT2D eigenvalue weighted by atomic mass is 9.88. The van der Waals surface area contributed by atoms with E-state index in [0.717, 1.165) is 12.1 Å². The molecule has 2 aromatic carbocycles. The Kier molecular flexibility index (Phi) is 7.36. The van der Waals surface area contributed by atoms with E-state index in [9.17, 15) is 23.2 Å². The Morgan fingerprint density at radius 1 is 0.912 bits per heavy atom. The van der Waals surface area contributed by atoms with Crippen LogP contribution in [0.1, 0.15) is 23.2 Å². The second kappa shape index (κ2) is 10.6. The second-order valence-electron chi connectivity index (χ2n) is 8.23. The molecule has 8 nitrogen and oxygen atoms in total. The molecule has 0 spiro atoms. The zero-order valence-corrected chi connectivity index (χ0v) is 18.4. The van der Waals surface area contributed by atoms with Gasteiger partial charge in [0.1, 0.15) is 13.2 Å². The van der Waals surface area contributed by atoms with Crippen LogP contribution in [0.2, 0.25) is 0 Å². The molecule has 4 rings (SSSR count). The molecule has 1 saturated heterocycles. The summed E-state index contributed by atoms with van der Waals surface area (Å²) in [5.41, 5.74) is 0.690. The Bertz CT molecular complexity index is 1090. The van der Waals surface area contributed by atoms with E-state index >= 15 is 0 Å². The van der Waals surface area contributed by atoms with E-state index in [1.165, 1.54) is 6.07 Å². The van der Waals surface area contributed by atoms with Gasteiger partial charge >= 0.3 is 0 Å². The number of ether oxygens (including phenoxy) is 2. The van der Waals surface area contributed by atoms with Crippen molar-refractivity contribution in [1.82, 2.24) is 10.2 Å². The summed E-state index contributed by atoms with van der Waals surface area (Å²) >= 11 is 0. The summed E-state index contributed by atoms with van der Waals surface area (Å²) < 4.78 is 37.2. The molecule has 0 radical (unpaired) electrons. The van der Waals surface area contributed by atoms with Crippen molar-refractivity contribution in [2.24, 2.45) is 5.92 Å². The van der Waals surface area contributed by atoms with Gasteiger partial charge in [0.25, 0.3) is 0 Å². The maximum atomic E-state index is 13.2. The first-order valence-corrected chi connectivity index (χ1v) is 11.1. The molecule has 2 amide bonds. The maximum absolute atomic E-state index is 13.2. The zero-order chi connectivity index (χ0) is 24.1. The van der Waals surface area contributed by atoms with Gasteiger partial charge in [-0.15, -0.1) is 0 Å². The standard InChI is InChI=1S/C24H25F2N3O5/c25-18-3-2-17(12-19(18)26)28-22(30)13-27-23(31)14-29-7-5-15(6-8-29)24(32)16-1-4-20-21(11-16)34-10-9-33-20/h1-4,11-12,15H,5-10,13-14H2,(H,27,31)(H,28,30). The van der Waals surface area contributed by atoms with E-state index in [4.69, 9.17) is 9.47 Å². The Morgan fingerprint density at radius 3 is 2.38 bits per heavy atom. The average molecular weight is 473 g/mol. The molecule has 180 valence electrons. The van der Waals surface area contributed by atoms with Crippen molar-refractivity contribution in [3.8, 4) is 11.5 Å². The van der Waals surface area contributed by atoms with E-state index in [1.807, 2.05) is 4.90 Å². The summed E-state index contributed by atoms with van der Waals surface area (Å²) in [5.74, 6) is -1.83. The molecule has 34 heavy (non-hydrogen) atoms. The molecule has 2 N–H and O–H groups in total. The van der Waals surface area contributed by atoms with E-state index in [0.29, 0.717) is 56.2 Å². The second-order valence-corrected chi connectivity index (χ2v) is 8.23. The SMILES string of the molecule is O=C(CN1CCC(C(=O)c2ccc3c(c2)OCCO3)CC1)NCC(=O)Nc1ccc(F)c(F)c1. The van der Waals surface area contributed by atoms with Gasteiger partial charge in [0, 0.05) is 23.2 Å². The molecule has 2 aliphatic rings. The van der Waals surface area contributed by atoms with Crippen molar-refractivity contribution in [3.05, 3.63) is 53.6 Å². The monoisotopic (exact) mass is 473 g/mol. The van der Waals surface area contributed by atoms with Crippen molar-refractivity contribution in [1.29, 1.82) is 0 Å². The molecule has 10 heteroatoms. The number of halogens is 2. The number of ketones is 1. The minimum atomic E-state index is -1.07. The van der Waals surface area contributed by atoms with Crippen LogP contribution in [0, 0.1) is 17.6 Å². The summed E-state index contributed by atoms with van der Waals surface area (Å²) in [7, 11) is 0. The van der Waals surface area contributed by atoms with E-state index < -0.39 is 17.5 Å². The molecule has 0 aliphatic carbocycles. The summed E-state index contributed by atoms with van der Waals surface area (Å²) in [5, 5.41) is 4.91. The molecule has 0 atom stereocenters. The first-order chi connectivity index (χ1) is 16.4. The molecule has 2 heterocycles. The molecule has 0 unspecified atom stereocenters. The van der Waals surface area contributed by atoms with Crippen LogP contribution in [0.5, 0.6) is 11.5 Å². The third-order valence-corrected chi connectivity index (χ3v) is 5.80. The molecular weight excluding hydrogens is 448 g/mol. The van der Waals surface area contributed by atoms with Gasteiger partial charge in [-0.25, -0.2) is 8.78 Å². The highest BCUT2D eigenvalue weighted by Crippen LogP contribution is 2.32. The van der Waals surface area contributed by atoms with Gasteiger partial charge in [-0.2, -0.15) is 0 Å². The number of nitrogens with zero attached hydrogens (tertiary/aromatic N) is 1. The van der Waals surface area contributed by atoms with Crippen LogP contribution in [0.15, 0.2) is 36.4 Å². The number of carbonyl (C=O) groups excluding carboxylic acids is 3. The van der Waals surface area contributed by atoms with Crippen LogP contribution in [0.25, 0.3) is 0 Å². The lowest BCUT2D eigenvalue weighted by molar-refractivity contribution is -0.125. The van der Waals surface area contributed by atoms with E-state index in [-0.39, 0.29) is 36.4 Å². The number of hydrogen-bond donors (Lipinski definition) is 2. The lowest BCUT2D eigenvalue weighted by Crippen LogP contribution is -2.44. The van der Waals surface area contributed by atoms with Crippen molar-refractivity contribution < 1.29 is 32.6 Å². The first-order valence-electron chi connectivity index (χ1n) is 11.1. The quantitative estimate of drug-likeness (QED) is 0.600. The largest absolute Gasteiger partial charge is 0.486 e. The van der Waals surface area contributed by atoms with Crippen molar-refractivity contribution in [2.45, 2.75) is 12.8 Å². The molecule has 0 aromatic heterocycles. The van der Waals surface area contributed by atoms with Crippen molar-refractivity contribution in [3.63, 3.8) is 0 Å². The number of fused-ring (bicyclic) bond motifs is 1. The minimum Gasteiger partial charge on any atom is -0.486 e. The highest BCUT2D eigenvalue weighted by molar-refractivity contribution is 5.98. The Hall–Kier alpha value is -3.53. The number of likely N-dealkylation sites (tertiary alicyclic amines) is 1. The van der Waals surface area contributed by atoms with Crippen molar-refractivity contribution >= 4 is 23.3 Å². The first kappa shape index (κ1) is 23.6. The van der Waals surface area contributed by atoms with Crippen LogP contribution in [0.4, 0.5) is 14.5 Å². The van der Waals surface area contributed by atoms with Crippen LogP contribution in [-0.2, 0) is 9.59 Å². The highest BCUT2D eigenvalue weighted by Gasteiger charge is 2.27. The van der Waals surface area contributed by atoms with Gasteiger partial charge in [-0.05, 0) is 56.3 Å². The smallest absolute Gasteiger partial charge is 0.243 e. The summed E-state index contributed by atoms with van der Waals surface area (Å²) in [6, 6.07) is 8.23. The number of benzene rings is 2. The third kappa shape index (κ3) is 5.88. The molecule has 1 fully saturated rings. The minimum absolute atomic E-state index is 0.0509. The zero-order valence-electron chi connectivity index (χ0n) is 18.4. The van der Waals surface area contributed by atoms with Gasteiger partial charge in [0.05, 0.1) is 13.1 Å². The van der Waals surface area contributed by atoms with Crippen LogP contribution < -0.4 is 20.1 Å². The van der Waals surface area contributed by atoms with E-state index in [1.54, 1.807) is 18.2 Å². The normalized spacial score (nSPS) is 16.1. The fourth-order valence-corrected chi connectivity index (χ4v) is 4.00. The number of piperidine rings is 1. The summed E-state index contributed by atoms with van der Waals surface area (Å²) in [6.07, 6.45) is 1.24. The predicted molar refractivity (Wildman–Crippen MR) is 119 cm³/mol. The lowest BCUT2D eigenvalue weighted by Gasteiger charge is -2.30. The molecule has 2 aromatic rings. The number of Topliss-reactive ketones (excluding diaryl/α,β-unsaturated/α-hetero) is 1. The summed E-state index contributed by atoms with van der Waals surface area (Å²) in [6.45, 7) is 1.91. The molecular formula is C24H25F2N3O5. The van der Waals surface area contributed by atoms with E-state index in [2.05, 4.69) is 10.6 Å². The van der Waals surface area contributed by atoms with Crippen LogP contribution in [0.3, 0.4) is 0 Å². The third-order valence-electron chi connectivity index (χ3n) is 5.80. The fourth-order valence-electron chi connectivity index (χ4n) is 4.00. The number of anilines is 1. The molecule has 0 bridgehead atoms. The topological polar surface area (TPSA) is 97.0 Å². The Labute approximate surface area is 195 Å². The molecule has 0 saturated carbocycles. The Balaban J connectivity index is 1.19. The number of carbonyl (C=O) groups is 3. The highest BCUT2D eigenvalue weighted by atomic mass is 19.2. The number of rotatable bonds is 7. The number of amides is 2. The van der Waals surface area contributed by atoms with Crippen LogP contribution in [-0.4, -0.2) is 61.9 Å². The maximum Gasteiger partial charge on any atom is 0.243 e.